The van der Waals surface area contributed by atoms with E-state index in [-0.39, 0.29) is 6.03 Å². The van der Waals surface area contributed by atoms with Crippen LogP contribution in [0.2, 0.25) is 0 Å². The molecule has 2 amide bonds. The van der Waals surface area contributed by atoms with Crippen LogP contribution in [0.5, 0.6) is 0 Å². The number of piperidine rings is 1. The van der Waals surface area contributed by atoms with Gasteiger partial charge in [0.05, 0.1) is 0 Å². The van der Waals surface area contributed by atoms with E-state index in [0.717, 1.165) is 19.4 Å². The number of carbonyl (C=O) groups excluding carboxylic acids is 1. The Morgan fingerprint density at radius 1 is 1.10 bits per heavy atom. The molecule has 4 heteroatoms. The van der Waals surface area contributed by atoms with Gasteiger partial charge in [-0.2, -0.15) is 0 Å². The van der Waals surface area contributed by atoms with Gasteiger partial charge in [0.2, 0.25) is 0 Å². The van der Waals surface area contributed by atoms with Crippen molar-refractivity contribution in [2.24, 2.45) is 5.92 Å². The largest absolute Gasteiger partial charge is 0.338 e. The third-order valence-electron chi connectivity index (χ3n) is 4.87. The second-order valence-corrected chi connectivity index (χ2v) is 6.76. The van der Waals surface area contributed by atoms with Crippen LogP contribution in [0.15, 0.2) is 0 Å². The van der Waals surface area contributed by atoms with Crippen LogP contribution in [0, 0.1) is 5.92 Å². The van der Waals surface area contributed by atoms with Crippen LogP contribution in [0.4, 0.5) is 4.79 Å². The zero-order chi connectivity index (χ0) is 14.4. The standard InChI is InChI=1S/C16H31N3O/c1-13(2)19-10-8-14(9-11-19)12-17-16(20)18-15-6-4-3-5-7-15/h13-15H,3-12H2,1-2H3,(H2,17,18,20). The van der Waals surface area contributed by atoms with Crippen LogP contribution in [0.25, 0.3) is 0 Å². The summed E-state index contributed by atoms with van der Waals surface area (Å²) in [5, 5.41) is 6.20. The molecule has 0 aromatic rings. The number of amides is 2. The molecule has 0 spiro atoms. The number of hydrogen-bond acceptors (Lipinski definition) is 2. The highest BCUT2D eigenvalue weighted by Gasteiger charge is 2.21. The van der Waals surface area contributed by atoms with Gasteiger partial charge in [-0.1, -0.05) is 19.3 Å². The average molecular weight is 281 g/mol. The molecule has 0 aromatic carbocycles. The molecule has 1 aliphatic carbocycles. The molecule has 0 unspecified atom stereocenters. The average Bonchev–Trinajstić information content (AvgIpc) is 2.46. The van der Waals surface area contributed by atoms with Gasteiger partial charge in [-0.25, -0.2) is 4.79 Å². The number of carbonyl (C=O) groups is 1. The van der Waals surface area contributed by atoms with Gasteiger partial charge in [0.25, 0.3) is 0 Å². The Kier molecular flexibility index (Phi) is 6.14. The second kappa shape index (κ2) is 7.87. The topological polar surface area (TPSA) is 44.4 Å². The molecule has 1 aliphatic heterocycles. The third-order valence-corrected chi connectivity index (χ3v) is 4.87. The number of urea groups is 1. The summed E-state index contributed by atoms with van der Waals surface area (Å²) >= 11 is 0. The minimum Gasteiger partial charge on any atom is -0.338 e. The van der Waals surface area contributed by atoms with Crippen molar-refractivity contribution < 1.29 is 4.79 Å². The monoisotopic (exact) mass is 281 g/mol. The summed E-state index contributed by atoms with van der Waals surface area (Å²) in [6.45, 7) is 7.71. The third kappa shape index (κ3) is 4.97. The fraction of sp³-hybridized carbons (Fsp3) is 0.938. The smallest absolute Gasteiger partial charge is 0.315 e. The molecule has 0 atom stereocenters. The predicted octanol–water partition coefficient (Wildman–Crippen LogP) is 2.74. The van der Waals surface area contributed by atoms with Crippen molar-refractivity contribution in [3.05, 3.63) is 0 Å². The van der Waals surface area contributed by atoms with Crippen molar-refractivity contribution >= 4 is 6.03 Å². The number of rotatable bonds is 4. The van der Waals surface area contributed by atoms with Crippen LogP contribution in [-0.4, -0.2) is 42.6 Å². The Balaban J connectivity index is 1.59. The molecular formula is C16H31N3O. The first-order valence-corrected chi connectivity index (χ1v) is 8.43. The molecule has 1 heterocycles. The van der Waals surface area contributed by atoms with E-state index in [1.165, 1.54) is 45.2 Å². The van der Waals surface area contributed by atoms with Crippen molar-refractivity contribution in [3.8, 4) is 0 Å². The van der Waals surface area contributed by atoms with Gasteiger partial charge < -0.3 is 15.5 Å². The maximum absolute atomic E-state index is 11.9. The van der Waals surface area contributed by atoms with E-state index in [9.17, 15) is 4.79 Å². The molecule has 116 valence electrons. The van der Waals surface area contributed by atoms with Gasteiger partial charge in [-0.3, -0.25) is 0 Å². The lowest BCUT2D eigenvalue weighted by atomic mass is 9.95. The molecule has 1 saturated heterocycles. The van der Waals surface area contributed by atoms with E-state index in [0.29, 0.717) is 18.0 Å². The minimum absolute atomic E-state index is 0.0446. The summed E-state index contributed by atoms with van der Waals surface area (Å²) in [6.07, 6.45) is 8.58. The normalized spacial score (nSPS) is 22.9. The van der Waals surface area contributed by atoms with Crippen molar-refractivity contribution in [2.75, 3.05) is 19.6 Å². The first-order chi connectivity index (χ1) is 9.65. The number of hydrogen-bond donors (Lipinski definition) is 2. The maximum atomic E-state index is 11.9. The molecule has 2 aliphatic rings. The predicted molar refractivity (Wildman–Crippen MR) is 82.8 cm³/mol. The van der Waals surface area contributed by atoms with E-state index >= 15 is 0 Å². The summed E-state index contributed by atoms with van der Waals surface area (Å²) in [7, 11) is 0. The lowest BCUT2D eigenvalue weighted by Crippen LogP contribution is -2.46. The number of nitrogens with one attached hydrogen (secondary N) is 2. The van der Waals surface area contributed by atoms with E-state index < -0.39 is 0 Å². The van der Waals surface area contributed by atoms with Crippen LogP contribution in [0.1, 0.15) is 58.8 Å². The summed E-state index contributed by atoms with van der Waals surface area (Å²) in [5.41, 5.74) is 0. The maximum Gasteiger partial charge on any atom is 0.315 e. The minimum atomic E-state index is 0.0446. The lowest BCUT2D eigenvalue weighted by molar-refractivity contribution is 0.148. The Bertz CT molecular complexity index is 292. The highest BCUT2D eigenvalue weighted by Crippen LogP contribution is 2.19. The summed E-state index contributed by atoms with van der Waals surface area (Å²) < 4.78 is 0. The summed E-state index contributed by atoms with van der Waals surface area (Å²) in [5.74, 6) is 0.655. The Morgan fingerprint density at radius 2 is 1.75 bits per heavy atom. The van der Waals surface area contributed by atoms with Crippen molar-refractivity contribution in [1.82, 2.24) is 15.5 Å². The quantitative estimate of drug-likeness (QED) is 0.832. The van der Waals surface area contributed by atoms with E-state index in [1.54, 1.807) is 0 Å². The van der Waals surface area contributed by atoms with Gasteiger partial charge in [-0.05, 0) is 58.5 Å². The molecule has 0 bridgehead atoms. The van der Waals surface area contributed by atoms with E-state index in [2.05, 4.69) is 29.4 Å². The van der Waals surface area contributed by atoms with Gasteiger partial charge in [0.1, 0.15) is 0 Å². The first-order valence-electron chi connectivity index (χ1n) is 8.43. The Morgan fingerprint density at radius 3 is 2.35 bits per heavy atom. The highest BCUT2D eigenvalue weighted by atomic mass is 16.2. The highest BCUT2D eigenvalue weighted by molar-refractivity contribution is 5.74. The van der Waals surface area contributed by atoms with E-state index in [1.807, 2.05) is 0 Å². The lowest BCUT2D eigenvalue weighted by Gasteiger charge is -2.34. The Hall–Kier alpha value is -0.770. The van der Waals surface area contributed by atoms with Crippen LogP contribution in [0.3, 0.4) is 0 Å². The zero-order valence-corrected chi connectivity index (χ0v) is 13.2. The van der Waals surface area contributed by atoms with Crippen molar-refractivity contribution in [2.45, 2.75) is 70.9 Å². The Labute approximate surface area is 123 Å². The molecule has 2 N–H and O–H groups in total. The van der Waals surface area contributed by atoms with Gasteiger partial charge >= 0.3 is 6.03 Å². The number of nitrogens with zero attached hydrogens (tertiary/aromatic N) is 1. The van der Waals surface area contributed by atoms with Crippen molar-refractivity contribution in [3.63, 3.8) is 0 Å². The molecule has 4 nitrogen and oxygen atoms in total. The van der Waals surface area contributed by atoms with Gasteiger partial charge in [-0.15, -0.1) is 0 Å². The molecule has 0 aromatic heterocycles. The van der Waals surface area contributed by atoms with Crippen molar-refractivity contribution in [1.29, 1.82) is 0 Å². The summed E-state index contributed by atoms with van der Waals surface area (Å²) in [4.78, 5) is 14.4. The molecule has 20 heavy (non-hydrogen) atoms. The molecule has 2 fully saturated rings. The molecule has 2 rings (SSSR count). The van der Waals surface area contributed by atoms with Crippen LogP contribution in [-0.2, 0) is 0 Å². The fourth-order valence-corrected chi connectivity index (χ4v) is 3.39. The van der Waals surface area contributed by atoms with Gasteiger partial charge in [0, 0.05) is 18.6 Å². The first kappa shape index (κ1) is 15.6. The number of likely N-dealkylation sites (tertiary alicyclic amines) is 1. The molecule has 0 radical (unpaired) electrons. The molecular weight excluding hydrogens is 250 g/mol. The van der Waals surface area contributed by atoms with Crippen LogP contribution < -0.4 is 10.6 Å². The van der Waals surface area contributed by atoms with Crippen LogP contribution >= 0.6 is 0 Å². The molecule has 1 saturated carbocycles. The van der Waals surface area contributed by atoms with Gasteiger partial charge in [0.15, 0.2) is 0 Å². The second-order valence-electron chi connectivity index (χ2n) is 6.76. The SMILES string of the molecule is CC(C)N1CCC(CNC(=O)NC2CCCCC2)CC1. The fourth-order valence-electron chi connectivity index (χ4n) is 3.39. The van der Waals surface area contributed by atoms with E-state index in [4.69, 9.17) is 0 Å². The zero-order valence-electron chi connectivity index (χ0n) is 13.2. The summed E-state index contributed by atoms with van der Waals surface area (Å²) in [6, 6.07) is 1.10.